The number of halogens is 2. The number of hydrogen-bond donors (Lipinski definition) is 0. The molecule has 16 heavy (non-hydrogen) atoms. The van der Waals surface area contributed by atoms with Crippen molar-refractivity contribution in [3.8, 4) is 0 Å². The highest BCUT2D eigenvalue weighted by molar-refractivity contribution is 7.86. The molecular weight excluding hydrogens is 238 g/mol. The average molecular weight is 256 g/mol. The van der Waals surface area contributed by atoms with Crippen LogP contribution >= 0.6 is 0 Å². The predicted octanol–water partition coefficient (Wildman–Crippen LogP) is 2.57. The standard InChI is InChI=1S/C10H18F2O3S/c1-3-10(11,12)8-4-6-9(7-5-8)15-16(2,13)14/h8-9H,3-7H2,1-2H3/t8-,9-. The maximum absolute atomic E-state index is 13.3. The summed E-state index contributed by atoms with van der Waals surface area (Å²) in [6.07, 6.45) is 1.87. The fourth-order valence-electron chi connectivity index (χ4n) is 2.12. The zero-order valence-corrected chi connectivity index (χ0v) is 10.4. The minimum atomic E-state index is -3.47. The molecule has 1 saturated carbocycles. The smallest absolute Gasteiger partial charge is 0.264 e. The molecular formula is C10H18F2O3S. The first-order chi connectivity index (χ1) is 7.24. The molecule has 1 fully saturated rings. The summed E-state index contributed by atoms with van der Waals surface area (Å²) in [4.78, 5) is 0. The third kappa shape index (κ3) is 3.97. The topological polar surface area (TPSA) is 43.4 Å². The monoisotopic (exact) mass is 256 g/mol. The van der Waals surface area contributed by atoms with E-state index < -0.39 is 28.1 Å². The van der Waals surface area contributed by atoms with E-state index in [0.717, 1.165) is 6.26 Å². The summed E-state index contributed by atoms with van der Waals surface area (Å²) in [6.45, 7) is 1.47. The molecule has 1 rings (SSSR count). The van der Waals surface area contributed by atoms with Crippen molar-refractivity contribution in [2.75, 3.05) is 6.26 Å². The third-order valence-corrected chi connectivity index (χ3v) is 3.68. The van der Waals surface area contributed by atoms with E-state index in [1.54, 1.807) is 0 Å². The Morgan fingerprint density at radius 2 is 1.75 bits per heavy atom. The number of hydrogen-bond acceptors (Lipinski definition) is 3. The van der Waals surface area contributed by atoms with Crippen LogP contribution in [0.5, 0.6) is 0 Å². The van der Waals surface area contributed by atoms with Gasteiger partial charge in [-0.25, -0.2) is 8.78 Å². The molecule has 1 aliphatic carbocycles. The molecule has 0 amide bonds. The zero-order chi connectivity index (χ0) is 12.4. The molecule has 1 aliphatic rings. The molecule has 0 spiro atoms. The Morgan fingerprint density at radius 3 is 2.12 bits per heavy atom. The van der Waals surface area contributed by atoms with Crippen molar-refractivity contribution in [2.24, 2.45) is 5.92 Å². The van der Waals surface area contributed by atoms with Gasteiger partial charge in [0.25, 0.3) is 16.0 Å². The molecule has 0 aromatic rings. The molecule has 0 heterocycles. The quantitative estimate of drug-likeness (QED) is 0.726. The van der Waals surface area contributed by atoms with E-state index in [1.165, 1.54) is 6.92 Å². The van der Waals surface area contributed by atoms with Crippen molar-refractivity contribution < 1.29 is 21.4 Å². The van der Waals surface area contributed by atoms with Crippen molar-refractivity contribution in [1.29, 1.82) is 0 Å². The Balaban J connectivity index is 2.46. The van der Waals surface area contributed by atoms with Gasteiger partial charge in [-0.1, -0.05) is 6.92 Å². The Labute approximate surface area is 95.3 Å². The largest absolute Gasteiger partial charge is 0.267 e. The molecule has 6 heteroatoms. The van der Waals surface area contributed by atoms with Crippen molar-refractivity contribution in [1.82, 2.24) is 0 Å². The predicted molar refractivity (Wildman–Crippen MR) is 56.9 cm³/mol. The summed E-state index contributed by atoms with van der Waals surface area (Å²) < 4.78 is 53.2. The van der Waals surface area contributed by atoms with Crippen LogP contribution in [-0.2, 0) is 14.3 Å². The second kappa shape index (κ2) is 4.96. The van der Waals surface area contributed by atoms with Crippen molar-refractivity contribution >= 4 is 10.1 Å². The summed E-state index contributed by atoms with van der Waals surface area (Å²) in [6, 6.07) is 0. The van der Waals surface area contributed by atoms with Gasteiger partial charge >= 0.3 is 0 Å². The van der Waals surface area contributed by atoms with Crippen LogP contribution < -0.4 is 0 Å². The van der Waals surface area contributed by atoms with Gasteiger partial charge in [-0.05, 0) is 25.7 Å². The molecule has 0 aromatic heterocycles. The first-order valence-electron chi connectivity index (χ1n) is 5.50. The van der Waals surface area contributed by atoms with Crippen LogP contribution in [-0.4, -0.2) is 26.7 Å². The molecule has 96 valence electrons. The van der Waals surface area contributed by atoms with Gasteiger partial charge in [-0.15, -0.1) is 0 Å². The minimum Gasteiger partial charge on any atom is -0.267 e. The highest BCUT2D eigenvalue weighted by atomic mass is 32.2. The van der Waals surface area contributed by atoms with Gasteiger partial charge in [0.1, 0.15) is 0 Å². The van der Waals surface area contributed by atoms with Crippen LogP contribution in [0.25, 0.3) is 0 Å². The van der Waals surface area contributed by atoms with E-state index >= 15 is 0 Å². The summed E-state index contributed by atoms with van der Waals surface area (Å²) in [5, 5.41) is 0. The van der Waals surface area contributed by atoms with Crippen LogP contribution in [0, 0.1) is 5.92 Å². The van der Waals surface area contributed by atoms with Crippen molar-refractivity contribution in [3.05, 3.63) is 0 Å². The summed E-state index contributed by atoms with van der Waals surface area (Å²) in [7, 11) is -3.47. The van der Waals surface area contributed by atoms with Gasteiger partial charge in [0, 0.05) is 12.3 Å². The van der Waals surface area contributed by atoms with Gasteiger partial charge in [0.05, 0.1) is 12.4 Å². The normalized spacial score (nSPS) is 28.0. The number of rotatable bonds is 4. The Morgan fingerprint density at radius 1 is 1.25 bits per heavy atom. The van der Waals surface area contributed by atoms with Gasteiger partial charge in [-0.2, -0.15) is 8.42 Å². The van der Waals surface area contributed by atoms with E-state index in [9.17, 15) is 17.2 Å². The molecule has 0 saturated heterocycles. The van der Waals surface area contributed by atoms with Crippen LogP contribution in [0.2, 0.25) is 0 Å². The second-order valence-corrected chi connectivity index (χ2v) is 5.99. The van der Waals surface area contributed by atoms with E-state index in [4.69, 9.17) is 4.18 Å². The Bertz CT molecular complexity index is 319. The minimum absolute atomic E-state index is 0.157. The zero-order valence-electron chi connectivity index (χ0n) is 9.58. The lowest BCUT2D eigenvalue weighted by atomic mass is 9.82. The third-order valence-electron chi connectivity index (χ3n) is 3.05. The lowest BCUT2D eigenvalue weighted by Gasteiger charge is -2.32. The van der Waals surface area contributed by atoms with Crippen LogP contribution in [0.1, 0.15) is 39.0 Å². The molecule has 0 N–H and O–H groups in total. The van der Waals surface area contributed by atoms with Gasteiger partial charge in [0.2, 0.25) is 0 Å². The molecule has 0 bridgehead atoms. The van der Waals surface area contributed by atoms with Gasteiger partial charge in [-0.3, -0.25) is 4.18 Å². The van der Waals surface area contributed by atoms with Crippen LogP contribution in [0.4, 0.5) is 8.78 Å². The molecule has 0 aromatic carbocycles. The summed E-state index contributed by atoms with van der Waals surface area (Å²) in [5.41, 5.74) is 0. The average Bonchev–Trinajstić information content (AvgIpc) is 2.16. The Kier molecular flexibility index (Phi) is 4.29. The second-order valence-electron chi connectivity index (χ2n) is 4.39. The highest BCUT2D eigenvalue weighted by Crippen LogP contribution is 2.39. The van der Waals surface area contributed by atoms with Crippen molar-refractivity contribution in [3.63, 3.8) is 0 Å². The summed E-state index contributed by atoms with van der Waals surface area (Å²) in [5.74, 6) is -3.26. The van der Waals surface area contributed by atoms with Crippen LogP contribution in [0.3, 0.4) is 0 Å². The molecule has 0 atom stereocenters. The maximum atomic E-state index is 13.3. The molecule has 3 nitrogen and oxygen atoms in total. The Hall–Kier alpha value is -0.230. The maximum Gasteiger partial charge on any atom is 0.264 e. The van der Waals surface area contributed by atoms with Crippen molar-refractivity contribution in [2.45, 2.75) is 51.1 Å². The van der Waals surface area contributed by atoms with Crippen LogP contribution in [0.15, 0.2) is 0 Å². The molecule has 0 radical (unpaired) electrons. The highest BCUT2D eigenvalue weighted by Gasteiger charge is 2.40. The lowest BCUT2D eigenvalue weighted by molar-refractivity contribution is -0.0814. The first kappa shape index (κ1) is 13.8. The first-order valence-corrected chi connectivity index (χ1v) is 7.32. The van der Waals surface area contributed by atoms with Gasteiger partial charge < -0.3 is 0 Å². The fraction of sp³-hybridized carbons (Fsp3) is 1.00. The van der Waals surface area contributed by atoms with E-state index in [1.807, 2.05) is 0 Å². The molecule has 0 unspecified atom stereocenters. The van der Waals surface area contributed by atoms with E-state index in [-0.39, 0.29) is 6.42 Å². The lowest BCUT2D eigenvalue weighted by Crippen LogP contribution is -2.33. The summed E-state index contributed by atoms with van der Waals surface area (Å²) >= 11 is 0. The van der Waals surface area contributed by atoms with Gasteiger partial charge in [0.15, 0.2) is 0 Å². The fourth-order valence-corrected chi connectivity index (χ4v) is 2.80. The van der Waals surface area contributed by atoms with E-state index in [2.05, 4.69) is 0 Å². The molecule has 0 aliphatic heterocycles. The SMILES string of the molecule is CCC(F)(F)[C@H]1CC[C@H](OS(C)(=O)=O)CC1. The number of alkyl halides is 2. The van der Waals surface area contributed by atoms with E-state index in [0.29, 0.717) is 25.7 Å².